The number of hydrogen-bond donors (Lipinski definition) is 1. The first-order valence-corrected chi connectivity index (χ1v) is 14.5. The van der Waals surface area contributed by atoms with Gasteiger partial charge in [-0.25, -0.2) is 4.79 Å². The van der Waals surface area contributed by atoms with Crippen LogP contribution in [0.25, 0.3) is 0 Å². The Bertz CT molecular complexity index is 724. The highest BCUT2D eigenvalue weighted by molar-refractivity contribution is 5.78. The van der Waals surface area contributed by atoms with Gasteiger partial charge in [0, 0.05) is 58.3 Å². The van der Waals surface area contributed by atoms with Gasteiger partial charge in [0.2, 0.25) is 5.91 Å². The highest BCUT2D eigenvalue weighted by atomic mass is 16.2. The number of fused-ring (bicyclic) bond motifs is 1. The fourth-order valence-corrected chi connectivity index (χ4v) is 6.16. The van der Waals surface area contributed by atoms with Crippen molar-refractivity contribution >= 4 is 11.9 Å². The first-order chi connectivity index (χ1) is 16.7. The van der Waals surface area contributed by atoms with Gasteiger partial charge in [0.25, 0.3) is 0 Å². The first-order valence-electron chi connectivity index (χ1n) is 14.5. The summed E-state index contributed by atoms with van der Waals surface area (Å²) in [5, 5.41) is 3.22. The molecule has 2 fully saturated rings. The smallest absolute Gasteiger partial charge is 0.317 e. The number of amides is 3. The van der Waals surface area contributed by atoms with E-state index in [9.17, 15) is 9.59 Å². The molecule has 2 atom stereocenters. The molecule has 1 saturated heterocycles. The number of rotatable bonds is 13. The summed E-state index contributed by atoms with van der Waals surface area (Å²) >= 11 is 0. The van der Waals surface area contributed by atoms with Crippen LogP contribution in [0.4, 0.5) is 4.79 Å². The van der Waals surface area contributed by atoms with Gasteiger partial charge in [-0.15, -0.1) is 0 Å². The fourth-order valence-electron chi connectivity index (χ4n) is 6.16. The molecule has 2 bridgehead atoms. The molecular weight excluding hydrogens is 436 g/mol. The van der Waals surface area contributed by atoms with Gasteiger partial charge in [-0.05, 0) is 36.5 Å². The second-order valence-electron chi connectivity index (χ2n) is 12.1. The van der Waals surface area contributed by atoms with Crippen LogP contribution in [0, 0.1) is 23.2 Å². The molecule has 0 aromatic heterocycles. The van der Waals surface area contributed by atoms with Crippen LogP contribution in [0.5, 0.6) is 0 Å². The molecule has 2 unspecified atom stereocenters. The minimum absolute atomic E-state index is 0.0616. The maximum atomic E-state index is 13.2. The molecule has 0 aromatic carbocycles. The number of nitrogens with one attached hydrogen (secondary N) is 1. The van der Waals surface area contributed by atoms with Gasteiger partial charge in [0.15, 0.2) is 0 Å². The normalized spacial score (nSPS) is 23.6. The number of nitrogens with zero attached hydrogens (tertiary/aromatic N) is 3. The summed E-state index contributed by atoms with van der Waals surface area (Å²) in [6.07, 6.45) is 12.3. The monoisotopic (exact) mass is 488 g/mol. The van der Waals surface area contributed by atoms with Gasteiger partial charge in [-0.1, -0.05) is 78.4 Å². The molecule has 0 radical (unpaired) electrons. The average Bonchev–Trinajstić information content (AvgIpc) is 2.85. The van der Waals surface area contributed by atoms with Crippen molar-refractivity contribution in [2.75, 3.05) is 52.4 Å². The molecule has 1 heterocycles. The van der Waals surface area contributed by atoms with Crippen molar-refractivity contribution < 1.29 is 9.59 Å². The molecule has 200 valence electrons. The predicted molar refractivity (Wildman–Crippen MR) is 144 cm³/mol. The predicted octanol–water partition coefficient (Wildman–Crippen LogP) is 5.15. The summed E-state index contributed by atoms with van der Waals surface area (Å²) in [6, 6.07) is 0.0901. The Hall–Kier alpha value is -1.56. The van der Waals surface area contributed by atoms with Crippen LogP contribution in [-0.2, 0) is 4.79 Å². The lowest BCUT2D eigenvalue weighted by atomic mass is 9.49. The second kappa shape index (κ2) is 13.1. The summed E-state index contributed by atoms with van der Waals surface area (Å²) in [6.45, 7) is 17.5. The Morgan fingerprint density at radius 3 is 2.40 bits per heavy atom. The zero-order valence-electron chi connectivity index (χ0n) is 23.3. The van der Waals surface area contributed by atoms with Gasteiger partial charge < -0.3 is 15.1 Å². The van der Waals surface area contributed by atoms with E-state index in [-0.39, 0.29) is 17.9 Å². The minimum atomic E-state index is 0.0616. The Kier molecular flexibility index (Phi) is 10.5. The zero-order valence-corrected chi connectivity index (χ0v) is 23.3. The lowest BCUT2D eigenvalue weighted by Gasteiger charge is -2.57. The van der Waals surface area contributed by atoms with Crippen LogP contribution in [0.1, 0.15) is 86.0 Å². The SMILES string of the molecule is CCCCCCCCNC(=O)N(CCN1CCN(C(=O)C(C)C)CC1)CC1=CCC2CC1C2(C)C. The molecule has 4 rings (SSSR count). The first kappa shape index (κ1) is 28.0. The topological polar surface area (TPSA) is 55.9 Å². The standard InChI is InChI=1S/C29H52N4O2/c1-6-7-8-9-10-11-14-30-28(35)33(22-24-12-13-25-21-26(24)29(25,4)5)20-17-31-15-18-32(19-16-31)27(34)23(2)3/h12,23,25-26H,6-11,13-22H2,1-5H3,(H,30,35). The van der Waals surface area contributed by atoms with Gasteiger partial charge >= 0.3 is 6.03 Å². The number of allylic oxidation sites excluding steroid dienone is 1. The van der Waals surface area contributed by atoms with Gasteiger partial charge in [0.1, 0.15) is 0 Å². The molecule has 3 amide bonds. The van der Waals surface area contributed by atoms with Crippen LogP contribution in [0.2, 0.25) is 0 Å². The molecule has 1 N–H and O–H groups in total. The maximum Gasteiger partial charge on any atom is 0.317 e. The largest absolute Gasteiger partial charge is 0.340 e. The summed E-state index contributed by atoms with van der Waals surface area (Å²) < 4.78 is 0. The van der Waals surface area contributed by atoms with Crippen molar-refractivity contribution in [2.45, 2.75) is 86.0 Å². The molecular formula is C29H52N4O2. The summed E-state index contributed by atoms with van der Waals surface area (Å²) in [4.78, 5) is 32.0. The van der Waals surface area contributed by atoms with E-state index < -0.39 is 0 Å². The quantitative estimate of drug-likeness (QED) is 0.288. The fraction of sp³-hybridized carbons (Fsp3) is 0.862. The molecule has 0 aromatic rings. The Morgan fingerprint density at radius 2 is 1.77 bits per heavy atom. The van der Waals surface area contributed by atoms with Crippen LogP contribution >= 0.6 is 0 Å². The van der Waals surface area contributed by atoms with E-state index in [1.54, 1.807) is 0 Å². The lowest BCUT2D eigenvalue weighted by Crippen LogP contribution is -2.53. The third-order valence-electron chi connectivity index (χ3n) is 8.91. The third-order valence-corrected chi connectivity index (χ3v) is 8.91. The van der Waals surface area contributed by atoms with Crippen molar-refractivity contribution in [1.82, 2.24) is 20.0 Å². The van der Waals surface area contributed by atoms with Gasteiger partial charge in [-0.3, -0.25) is 9.69 Å². The highest BCUT2D eigenvalue weighted by Gasteiger charge is 2.51. The van der Waals surface area contributed by atoms with E-state index in [0.717, 1.165) is 71.1 Å². The van der Waals surface area contributed by atoms with E-state index in [1.165, 1.54) is 44.1 Å². The van der Waals surface area contributed by atoms with Crippen LogP contribution in [0.15, 0.2) is 11.6 Å². The van der Waals surface area contributed by atoms with E-state index >= 15 is 0 Å². The molecule has 4 aliphatic rings. The second-order valence-corrected chi connectivity index (χ2v) is 12.1. The van der Waals surface area contributed by atoms with E-state index in [0.29, 0.717) is 11.3 Å². The number of carbonyl (C=O) groups excluding carboxylic acids is 2. The summed E-state index contributed by atoms with van der Waals surface area (Å²) in [5.41, 5.74) is 1.85. The average molecular weight is 489 g/mol. The highest BCUT2D eigenvalue weighted by Crippen LogP contribution is 2.59. The number of unbranched alkanes of at least 4 members (excludes halogenated alkanes) is 5. The third kappa shape index (κ3) is 7.47. The summed E-state index contributed by atoms with van der Waals surface area (Å²) in [5.74, 6) is 1.76. The van der Waals surface area contributed by atoms with E-state index in [2.05, 4.69) is 42.0 Å². The molecule has 3 aliphatic carbocycles. The molecule has 1 aliphatic heterocycles. The number of urea groups is 1. The Labute approximate surface area is 214 Å². The lowest BCUT2D eigenvalue weighted by molar-refractivity contribution is -0.136. The zero-order chi connectivity index (χ0) is 25.4. The Morgan fingerprint density at radius 1 is 1.09 bits per heavy atom. The molecule has 6 heteroatoms. The van der Waals surface area contributed by atoms with Crippen molar-refractivity contribution in [3.8, 4) is 0 Å². The Balaban J connectivity index is 1.49. The van der Waals surface area contributed by atoms with E-state index in [4.69, 9.17) is 0 Å². The molecule has 0 spiro atoms. The van der Waals surface area contributed by atoms with Crippen molar-refractivity contribution in [1.29, 1.82) is 0 Å². The number of piperazine rings is 1. The summed E-state index contributed by atoms with van der Waals surface area (Å²) in [7, 11) is 0. The molecule has 1 saturated carbocycles. The molecule has 6 nitrogen and oxygen atoms in total. The van der Waals surface area contributed by atoms with Crippen molar-refractivity contribution in [2.24, 2.45) is 23.2 Å². The van der Waals surface area contributed by atoms with Gasteiger partial charge in [-0.2, -0.15) is 0 Å². The van der Waals surface area contributed by atoms with Gasteiger partial charge in [0.05, 0.1) is 0 Å². The molecule has 35 heavy (non-hydrogen) atoms. The van der Waals surface area contributed by atoms with Crippen molar-refractivity contribution in [3.05, 3.63) is 11.6 Å². The van der Waals surface area contributed by atoms with Crippen LogP contribution < -0.4 is 5.32 Å². The number of hydrogen-bond acceptors (Lipinski definition) is 3. The van der Waals surface area contributed by atoms with Crippen LogP contribution in [-0.4, -0.2) is 79.0 Å². The van der Waals surface area contributed by atoms with Crippen molar-refractivity contribution in [3.63, 3.8) is 0 Å². The number of carbonyl (C=O) groups is 2. The maximum absolute atomic E-state index is 13.2. The van der Waals surface area contributed by atoms with E-state index in [1.807, 2.05) is 18.7 Å². The van der Waals surface area contributed by atoms with Crippen LogP contribution in [0.3, 0.4) is 0 Å². The minimum Gasteiger partial charge on any atom is -0.340 e.